The molecule has 0 bridgehead atoms. The number of nitrogens with zero attached hydrogens (tertiary/aromatic N) is 2. The summed E-state index contributed by atoms with van der Waals surface area (Å²) in [5.41, 5.74) is 18.5. The summed E-state index contributed by atoms with van der Waals surface area (Å²) in [6.07, 6.45) is 9.96. The van der Waals surface area contributed by atoms with Crippen LogP contribution in [0.2, 0.25) is 0 Å². The first kappa shape index (κ1) is 30.0. The van der Waals surface area contributed by atoms with Gasteiger partial charge in [-0.25, -0.2) is 4.58 Å². The van der Waals surface area contributed by atoms with Crippen LogP contribution in [0.1, 0.15) is 108 Å². The summed E-state index contributed by atoms with van der Waals surface area (Å²) in [5.74, 6) is 2.35. The van der Waals surface area contributed by atoms with Crippen molar-refractivity contribution < 1.29 is 4.58 Å². The lowest BCUT2D eigenvalue weighted by atomic mass is 9.66. The standard InChI is InChI=1S/C39H49N3/c1-9-11-12-16-29-18-19-33-30(21-29)31-22-32-35(23-34(31)38(33,7)8)39(20-10-2,24-26(3)4)25-42(28(6)40)37(32)41-36-17-14-13-15-27(36)5/h11-15,17-19,21-23,26,40H,9-10,16,20,24-25H2,1-8H3/p+1. The second-order valence-corrected chi connectivity index (χ2v) is 13.6. The Morgan fingerprint density at radius 3 is 2.36 bits per heavy atom. The number of hydrogen-bond donors (Lipinski definition) is 1. The van der Waals surface area contributed by atoms with E-state index in [-0.39, 0.29) is 10.8 Å². The molecule has 0 saturated carbocycles. The molecule has 0 aromatic heterocycles. The molecule has 0 fully saturated rings. The molecular weight excluding hydrogens is 510 g/mol. The van der Waals surface area contributed by atoms with E-state index < -0.39 is 0 Å². The Morgan fingerprint density at radius 1 is 0.952 bits per heavy atom. The molecule has 1 atom stereocenters. The Balaban J connectivity index is 1.83. The summed E-state index contributed by atoms with van der Waals surface area (Å²) in [7, 11) is 0. The van der Waals surface area contributed by atoms with Gasteiger partial charge in [0, 0.05) is 17.8 Å². The van der Waals surface area contributed by atoms with Crippen molar-refractivity contribution in [3.05, 3.63) is 100 Å². The zero-order valence-corrected chi connectivity index (χ0v) is 27.1. The number of aliphatic imine (C=N–C) groups is 1. The minimum atomic E-state index is -0.0619. The minimum absolute atomic E-state index is 0.000372. The molecule has 0 spiro atoms. The average molecular weight is 561 g/mol. The highest BCUT2D eigenvalue weighted by Crippen LogP contribution is 2.53. The second kappa shape index (κ2) is 11.7. The van der Waals surface area contributed by atoms with Crippen molar-refractivity contribution in [3.8, 4) is 11.1 Å². The van der Waals surface area contributed by atoms with Crippen molar-refractivity contribution in [2.45, 2.75) is 98.3 Å². The highest BCUT2D eigenvalue weighted by atomic mass is 15.1. The molecule has 1 aliphatic carbocycles. The minimum Gasteiger partial charge on any atom is -0.322 e. The van der Waals surface area contributed by atoms with E-state index >= 15 is 0 Å². The number of hydrogen-bond acceptors (Lipinski definition) is 1. The van der Waals surface area contributed by atoms with Crippen LogP contribution < -0.4 is 5.73 Å². The molecule has 3 aromatic rings. The van der Waals surface area contributed by atoms with Gasteiger partial charge in [-0.1, -0.05) is 103 Å². The van der Waals surface area contributed by atoms with Crippen LogP contribution in [0.15, 0.2) is 71.7 Å². The average Bonchev–Trinajstić information content (AvgIpc) is 3.16. The third-order valence-corrected chi connectivity index (χ3v) is 9.46. The summed E-state index contributed by atoms with van der Waals surface area (Å²) in [4.78, 5) is 5.38. The maximum atomic E-state index is 6.72. The Bertz CT molecular complexity index is 1580. The van der Waals surface area contributed by atoms with Crippen molar-refractivity contribution in [1.82, 2.24) is 0 Å². The molecule has 0 radical (unpaired) electrons. The van der Waals surface area contributed by atoms with Gasteiger partial charge in [-0.05, 0) is 89.6 Å². The Morgan fingerprint density at radius 2 is 1.69 bits per heavy atom. The summed E-state index contributed by atoms with van der Waals surface area (Å²) >= 11 is 0. The van der Waals surface area contributed by atoms with Crippen LogP contribution in [0.3, 0.4) is 0 Å². The van der Waals surface area contributed by atoms with E-state index in [2.05, 4.69) is 120 Å². The van der Waals surface area contributed by atoms with Gasteiger partial charge in [0.25, 0.3) is 5.84 Å². The van der Waals surface area contributed by atoms with E-state index in [0.29, 0.717) is 5.92 Å². The predicted octanol–water partition coefficient (Wildman–Crippen LogP) is 9.38. The van der Waals surface area contributed by atoms with Gasteiger partial charge in [0.2, 0.25) is 0 Å². The molecule has 3 heteroatoms. The SMILES string of the molecule is CCC=CCc1ccc2c(c1)-c1cc3c(cc1C2(C)C)C(CCC)(CC(C)C)C[N+](=C(C)N)C3=Nc1ccccc1C. The van der Waals surface area contributed by atoms with Gasteiger partial charge in [-0.15, -0.1) is 4.99 Å². The molecule has 0 amide bonds. The van der Waals surface area contributed by atoms with Gasteiger partial charge >= 0.3 is 0 Å². The molecule has 1 heterocycles. The van der Waals surface area contributed by atoms with Crippen LogP contribution in [0.4, 0.5) is 5.69 Å². The molecule has 3 nitrogen and oxygen atoms in total. The quantitative estimate of drug-likeness (QED) is 0.166. The van der Waals surface area contributed by atoms with Crippen LogP contribution >= 0.6 is 0 Å². The molecule has 1 aliphatic heterocycles. The number of benzene rings is 3. The number of aryl methyl sites for hydroxylation is 1. The van der Waals surface area contributed by atoms with Crippen LogP contribution in [0.5, 0.6) is 0 Å². The van der Waals surface area contributed by atoms with Crippen molar-refractivity contribution in [2.24, 2.45) is 16.6 Å². The van der Waals surface area contributed by atoms with Gasteiger partial charge in [-0.2, -0.15) is 0 Å². The van der Waals surface area contributed by atoms with E-state index in [4.69, 9.17) is 10.7 Å². The van der Waals surface area contributed by atoms with Gasteiger partial charge in [0.15, 0.2) is 5.84 Å². The fourth-order valence-corrected chi connectivity index (χ4v) is 7.55. The molecule has 2 N–H and O–H groups in total. The lowest BCUT2D eigenvalue weighted by molar-refractivity contribution is -0.427. The van der Waals surface area contributed by atoms with Gasteiger partial charge < -0.3 is 5.73 Å². The highest BCUT2D eigenvalue weighted by molar-refractivity contribution is 6.02. The smallest absolute Gasteiger partial charge is 0.270 e. The predicted molar refractivity (Wildman–Crippen MR) is 181 cm³/mol. The van der Waals surface area contributed by atoms with E-state index in [1.807, 2.05) is 6.92 Å². The van der Waals surface area contributed by atoms with Crippen molar-refractivity contribution in [3.63, 3.8) is 0 Å². The first-order valence-corrected chi connectivity index (χ1v) is 16.0. The molecule has 0 saturated heterocycles. The van der Waals surface area contributed by atoms with E-state index in [1.54, 1.807) is 0 Å². The number of rotatable bonds is 8. The largest absolute Gasteiger partial charge is 0.322 e. The van der Waals surface area contributed by atoms with E-state index in [9.17, 15) is 0 Å². The maximum Gasteiger partial charge on any atom is 0.270 e. The number of fused-ring (bicyclic) bond motifs is 4. The first-order chi connectivity index (χ1) is 20.0. The summed E-state index contributed by atoms with van der Waals surface area (Å²) in [6.45, 7) is 19.1. The monoisotopic (exact) mass is 560 g/mol. The number of para-hydroxylation sites is 1. The van der Waals surface area contributed by atoms with Crippen molar-refractivity contribution in [2.75, 3.05) is 6.54 Å². The Hall–Kier alpha value is -3.46. The molecular formula is C39H50N3+. The lowest BCUT2D eigenvalue weighted by Crippen LogP contribution is -2.49. The van der Waals surface area contributed by atoms with Gasteiger partial charge in [-0.3, -0.25) is 0 Å². The van der Waals surface area contributed by atoms with E-state index in [1.165, 1.54) is 44.5 Å². The zero-order chi connectivity index (χ0) is 30.2. The Labute approximate surface area is 254 Å². The fourth-order valence-electron chi connectivity index (χ4n) is 7.55. The third-order valence-electron chi connectivity index (χ3n) is 9.46. The number of amidine groups is 2. The van der Waals surface area contributed by atoms with E-state index in [0.717, 1.165) is 56.0 Å². The maximum absolute atomic E-state index is 6.72. The van der Waals surface area contributed by atoms with Crippen LogP contribution in [0.25, 0.3) is 11.1 Å². The third kappa shape index (κ3) is 5.27. The topological polar surface area (TPSA) is 41.4 Å². The van der Waals surface area contributed by atoms with Gasteiger partial charge in [0.1, 0.15) is 5.69 Å². The molecule has 1 unspecified atom stereocenters. The Kier molecular flexibility index (Phi) is 8.34. The van der Waals surface area contributed by atoms with Crippen LogP contribution in [0, 0.1) is 12.8 Å². The highest BCUT2D eigenvalue weighted by Gasteiger charge is 2.46. The van der Waals surface area contributed by atoms with Crippen LogP contribution in [-0.4, -0.2) is 22.8 Å². The summed E-state index contributed by atoms with van der Waals surface area (Å²) < 4.78 is 2.31. The normalized spacial score (nSPS) is 21.1. The molecule has 2 aliphatic rings. The second-order valence-electron chi connectivity index (χ2n) is 13.6. The fraction of sp³-hybridized carbons (Fsp3) is 0.436. The van der Waals surface area contributed by atoms with Gasteiger partial charge in [0.05, 0.1) is 12.1 Å². The van der Waals surface area contributed by atoms with Crippen molar-refractivity contribution >= 4 is 17.4 Å². The first-order valence-electron chi connectivity index (χ1n) is 16.0. The number of nitrogens with two attached hydrogens (primary N) is 1. The molecule has 220 valence electrons. The molecule has 42 heavy (non-hydrogen) atoms. The van der Waals surface area contributed by atoms with Crippen LogP contribution in [-0.2, 0) is 17.3 Å². The summed E-state index contributed by atoms with van der Waals surface area (Å²) in [5, 5.41) is 0. The zero-order valence-electron chi connectivity index (χ0n) is 27.1. The van der Waals surface area contributed by atoms with Crippen molar-refractivity contribution in [1.29, 1.82) is 0 Å². The molecule has 5 rings (SSSR count). The molecule has 3 aromatic carbocycles. The lowest BCUT2D eigenvalue weighted by Gasteiger charge is -2.41. The summed E-state index contributed by atoms with van der Waals surface area (Å²) in [6, 6.07) is 20.6. The number of allylic oxidation sites excluding steroid dienone is 2.